The van der Waals surface area contributed by atoms with E-state index < -0.39 is 12.1 Å². The van der Waals surface area contributed by atoms with E-state index in [0.717, 1.165) is 16.6 Å². The van der Waals surface area contributed by atoms with Gasteiger partial charge in [-0.05, 0) is 26.2 Å². The molecule has 0 fully saturated rings. The minimum absolute atomic E-state index is 0.0543. The van der Waals surface area contributed by atoms with E-state index in [1.54, 1.807) is 6.26 Å². The third kappa shape index (κ3) is 3.45. The van der Waals surface area contributed by atoms with Crippen LogP contribution in [0.5, 0.6) is 0 Å². The lowest BCUT2D eigenvalue weighted by atomic mass is 10.0. The Morgan fingerprint density at radius 3 is 2.77 bits per heavy atom. The average Bonchev–Trinajstić information content (AvgIpc) is 2.97. The smallest absolute Gasteiger partial charge is 0.359 e. The highest BCUT2D eigenvalue weighted by atomic mass is 35.5. The van der Waals surface area contributed by atoms with Crippen LogP contribution in [0.25, 0.3) is 10.9 Å². The van der Waals surface area contributed by atoms with Gasteiger partial charge in [-0.2, -0.15) is 0 Å². The highest BCUT2D eigenvalue weighted by molar-refractivity contribution is 7.98. The van der Waals surface area contributed by atoms with E-state index in [2.05, 4.69) is 15.0 Å². The van der Waals surface area contributed by atoms with Crippen molar-refractivity contribution in [3.05, 3.63) is 52.4 Å². The molecule has 8 heteroatoms. The van der Waals surface area contributed by atoms with Crippen molar-refractivity contribution >= 4 is 46.0 Å². The lowest BCUT2D eigenvalue weighted by molar-refractivity contribution is 0.0312. The van der Waals surface area contributed by atoms with Crippen molar-refractivity contribution in [3.8, 4) is 0 Å². The number of H-pyrrole nitrogens is 1. The molecule has 0 spiro atoms. The molecule has 0 saturated heterocycles. The van der Waals surface area contributed by atoms with Crippen LogP contribution in [0.4, 0.5) is 0 Å². The normalized spacial score (nSPS) is 12.2. The van der Waals surface area contributed by atoms with Crippen molar-refractivity contribution in [2.75, 3.05) is 6.26 Å². The van der Waals surface area contributed by atoms with Crippen LogP contribution in [-0.4, -0.2) is 39.1 Å². The Morgan fingerprint density at radius 2 is 2.04 bits per heavy atom. The number of ether oxygens (including phenoxy) is 1. The number of Topliss-reactive ketones (excluding diaryl/α,β-unsaturated/α-hetero) is 1. The Kier molecular flexibility index (Phi) is 5.29. The predicted octanol–water partition coefficient (Wildman–Crippen LogP) is 4.07. The van der Waals surface area contributed by atoms with Crippen LogP contribution in [0, 0.1) is 6.92 Å². The monoisotopic (exact) mass is 389 g/mol. The summed E-state index contributed by atoms with van der Waals surface area (Å²) in [6.45, 7) is 3.35. The van der Waals surface area contributed by atoms with E-state index in [1.165, 1.54) is 24.9 Å². The molecule has 3 rings (SSSR count). The lowest BCUT2D eigenvalue weighted by Crippen LogP contribution is -2.25. The van der Waals surface area contributed by atoms with Crippen molar-refractivity contribution < 1.29 is 14.3 Å². The molecule has 6 nitrogen and oxygen atoms in total. The second-order valence-electron chi connectivity index (χ2n) is 5.64. The number of fused-ring (bicyclic) bond motifs is 1. The second-order valence-corrected chi connectivity index (χ2v) is 6.82. The number of rotatable bonds is 5. The Hall–Kier alpha value is -2.38. The maximum Gasteiger partial charge on any atom is 0.359 e. The van der Waals surface area contributed by atoms with Crippen LogP contribution in [0.3, 0.4) is 0 Å². The van der Waals surface area contributed by atoms with Crippen LogP contribution in [-0.2, 0) is 4.74 Å². The molecule has 1 aromatic carbocycles. The first-order valence-corrected chi connectivity index (χ1v) is 9.41. The number of aromatic amines is 1. The maximum atomic E-state index is 12.8. The van der Waals surface area contributed by atoms with Gasteiger partial charge in [-0.3, -0.25) is 4.79 Å². The fraction of sp³-hybridized carbons (Fsp3) is 0.222. The Morgan fingerprint density at radius 1 is 1.31 bits per heavy atom. The molecule has 0 aliphatic carbocycles. The van der Waals surface area contributed by atoms with E-state index in [9.17, 15) is 9.59 Å². The molecule has 2 heterocycles. The minimum Gasteiger partial charge on any atom is -0.449 e. The highest BCUT2D eigenvalue weighted by Crippen LogP contribution is 2.24. The number of nitrogens with one attached hydrogen (secondary N) is 1. The van der Waals surface area contributed by atoms with Gasteiger partial charge < -0.3 is 9.72 Å². The van der Waals surface area contributed by atoms with Crippen LogP contribution >= 0.6 is 23.4 Å². The van der Waals surface area contributed by atoms with Crippen LogP contribution in [0.15, 0.2) is 35.6 Å². The molecule has 26 heavy (non-hydrogen) atoms. The maximum absolute atomic E-state index is 12.8. The third-order valence-corrected chi connectivity index (χ3v) is 4.73. The number of thioether (sulfide) groups is 1. The van der Waals surface area contributed by atoms with Crippen molar-refractivity contribution in [1.82, 2.24) is 15.0 Å². The summed E-state index contributed by atoms with van der Waals surface area (Å²) in [7, 11) is 0. The van der Waals surface area contributed by atoms with E-state index in [-0.39, 0.29) is 16.5 Å². The van der Waals surface area contributed by atoms with Crippen LogP contribution < -0.4 is 0 Å². The number of carbonyl (C=O) groups excluding carboxylic acids is 2. The molecule has 134 valence electrons. The van der Waals surface area contributed by atoms with Gasteiger partial charge in [-0.1, -0.05) is 41.6 Å². The Labute approximate surface area is 159 Å². The first kappa shape index (κ1) is 18.4. The number of halogens is 1. The quantitative estimate of drug-likeness (QED) is 0.306. The van der Waals surface area contributed by atoms with E-state index >= 15 is 0 Å². The lowest BCUT2D eigenvalue weighted by Gasteiger charge is -2.13. The van der Waals surface area contributed by atoms with Gasteiger partial charge >= 0.3 is 5.97 Å². The molecule has 0 aliphatic rings. The van der Waals surface area contributed by atoms with Gasteiger partial charge in [0.05, 0.1) is 11.2 Å². The fourth-order valence-corrected chi connectivity index (χ4v) is 3.17. The second kappa shape index (κ2) is 7.47. The summed E-state index contributed by atoms with van der Waals surface area (Å²) < 4.78 is 5.32. The van der Waals surface area contributed by atoms with Crippen molar-refractivity contribution in [2.45, 2.75) is 25.1 Å². The van der Waals surface area contributed by atoms with Crippen molar-refractivity contribution in [3.63, 3.8) is 0 Å². The molecule has 1 atom stereocenters. The van der Waals surface area contributed by atoms with Gasteiger partial charge in [0.2, 0.25) is 5.78 Å². The van der Waals surface area contributed by atoms with Crippen molar-refractivity contribution in [1.29, 1.82) is 0 Å². The third-order valence-electron chi connectivity index (χ3n) is 3.89. The number of nitrogens with zero attached hydrogens (tertiary/aromatic N) is 2. The number of benzene rings is 1. The van der Waals surface area contributed by atoms with Crippen molar-refractivity contribution in [2.24, 2.45) is 0 Å². The summed E-state index contributed by atoms with van der Waals surface area (Å²) in [5, 5.41) is 1.27. The average molecular weight is 390 g/mol. The zero-order valence-electron chi connectivity index (χ0n) is 14.4. The number of aryl methyl sites for hydroxylation is 1. The Bertz CT molecular complexity index is 1000. The fourth-order valence-electron chi connectivity index (χ4n) is 2.66. The van der Waals surface area contributed by atoms with E-state index in [0.29, 0.717) is 10.7 Å². The number of carbonyl (C=O) groups is 2. The summed E-state index contributed by atoms with van der Waals surface area (Å²) >= 11 is 7.26. The summed E-state index contributed by atoms with van der Waals surface area (Å²) in [5.74, 6) is -1.05. The summed E-state index contributed by atoms with van der Waals surface area (Å²) in [5.41, 5.74) is 2.04. The highest BCUT2D eigenvalue weighted by Gasteiger charge is 2.26. The molecule has 0 bridgehead atoms. The van der Waals surface area contributed by atoms with Gasteiger partial charge in [0, 0.05) is 22.2 Å². The molecule has 3 aromatic rings. The van der Waals surface area contributed by atoms with Gasteiger partial charge in [0.1, 0.15) is 0 Å². The number of hydrogen-bond donors (Lipinski definition) is 1. The topological polar surface area (TPSA) is 84.9 Å². The van der Waals surface area contributed by atoms with Gasteiger partial charge in [-0.25, -0.2) is 14.8 Å². The largest absolute Gasteiger partial charge is 0.449 e. The van der Waals surface area contributed by atoms with E-state index in [4.69, 9.17) is 16.3 Å². The number of aromatic nitrogens is 3. The summed E-state index contributed by atoms with van der Waals surface area (Å²) in [6, 6.07) is 7.48. The standard InChI is InChI=1S/C18H16ClN3O3S/c1-9-14(11-6-4-5-7-13(11)21-9)16(23)10(2)25-17(24)15-12(19)8-20-18(22-15)26-3/h4-8,10,21H,1-3H3/t10-/m0/s1. The SMILES string of the molecule is CSc1ncc(Cl)c(C(=O)O[C@@H](C)C(=O)c2c(C)[nH]c3ccccc23)n1. The summed E-state index contributed by atoms with van der Waals surface area (Å²) in [4.78, 5) is 36.5. The van der Waals surface area contributed by atoms with Gasteiger partial charge in [0.25, 0.3) is 0 Å². The summed E-state index contributed by atoms with van der Waals surface area (Å²) in [6.07, 6.45) is 2.14. The van der Waals surface area contributed by atoms with Crippen LogP contribution in [0.1, 0.15) is 33.5 Å². The van der Waals surface area contributed by atoms with Crippen LogP contribution in [0.2, 0.25) is 5.02 Å². The predicted molar refractivity (Wildman–Crippen MR) is 101 cm³/mol. The molecule has 0 aliphatic heterocycles. The minimum atomic E-state index is -0.982. The molecule has 0 radical (unpaired) electrons. The van der Waals surface area contributed by atoms with Gasteiger partial charge in [-0.15, -0.1) is 0 Å². The zero-order valence-corrected chi connectivity index (χ0v) is 15.9. The molecular formula is C18H16ClN3O3S. The number of hydrogen-bond acceptors (Lipinski definition) is 6. The first-order chi connectivity index (χ1) is 12.4. The molecule has 2 aromatic heterocycles. The number of ketones is 1. The molecule has 1 N–H and O–H groups in total. The number of para-hydroxylation sites is 1. The Balaban J connectivity index is 1.85. The molecule has 0 unspecified atom stereocenters. The first-order valence-electron chi connectivity index (χ1n) is 7.81. The number of esters is 1. The van der Waals surface area contributed by atoms with Gasteiger partial charge in [0.15, 0.2) is 17.0 Å². The van der Waals surface area contributed by atoms with E-state index in [1.807, 2.05) is 31.2 Å². The molecular weight excluding hydrogens is 374 g/mol. The molecule has 0 amide bonds. The molecule has 0 saturated carbocycles. The zero-order chi connectivity index (χ0) is 18.8.